The molecule has 0 radical (unpaired) electrons. The molecule has 9 heteroatoms. The van der Waals surface area contributed by atoms with Gasteiger partial charge in [0.25, 0.3) is 0 Å². The molecule has 31 heavy (non-hydrogen) atoms. The van der Waals surface area contributed by atoms with E-state index in [0.29, 0.717) is 21.4 Å². The Kier molecular flexibility index (Phi) is 6.36. The van der Waals surface area contributed by atoms with E-state index in [1.54, 1.807) is 48.5 Å². The van der Waals surface area contributed by atoms with Gasteiger partial charge in [-0.25, -0.2) is 9.18 Å². The van der Waals surface area contributed by atoms with E-state index < -0.39 is 17.2 Å². The highest BCUT2D eigenvalue weighted by Gasteiger charge is 2.35. The third kappa shape index (κ3) is 4.79. The number of amides is 3. The summed E-state index contributed by atoms with van der Waals surface area (Å²) in [6.45, 7) is 0. The second kappa shape index (κ2) is 9.18. The quantitative estimate of drug-likeness (QED) is 0.449. The maximum Gasteiger partial charge on any atom is 0.323 e. The van der Waals surface area contributed by atoms with Gasteiger partial charge in [-0.3, -0.25) is 9.69 Å². The summed E-state index contributed by atoms with van der Waals surface area (Å²) >= 11 is 13.4. The first-order valence-electron chi connectivity index (χ1n) is 9.23. The fraction of sp³-hybridized carbons (Fsp3) is 0.0909. The number of nitrogens with zero attached hydrogens (tertiary/aromatic N) is 1. The zero-order valence-corrected chi connectivity index (χ0v) is 18.3. The predicted octanol–water partition coefficient (Wildman–Crippen LogP) is 6.56. The summed E-state index contributed by atoms with van der Waals surface area (Å²) in [5, 5.41) is 5.79. The average Bonchev–Trinajstić information content (AvgIpc) is 3.12. The molecule has 3 aromatic carbocycles. The van der Waals surface area contributed by atoms with Crippen LogP contribution in [0.5, 0.6) is 0 Å². The number of nitrogens with one attached hydrogen (secondary N) is 2. The molecule has 0 aromatic heterocycles. The number of hydrogen-bond donors (Lipinski definition) is 2. The van der Waals surface area contributed by atoms with E-state index in [0.717, 1.165) is 5.56 Å². The van der Waals surface area contributed by atoms with E-state index in [2.05, 4.69) is 10.6 Å². The minimum atomic E-state index is -0.484. The largest absolute Gasteiger partial charge is 0.323 e. The molecule has 1 fully saturated rings. The van der Waals surface area contributed by atoms with Gasteiger partial charge in [-0.1, -0.05) is 47.5 Å². The first-order valence-corrected chi connectivity index (χ1v) is 11.0. The SMILES string of the molecule is O=C(Nc1cccc(C2SCC(=O)N2c2ccccc2F)c1)Nc1ccc(Cl)cc1Cl. The van der Waals surface area contributed by atoms with E-state index in [4.69, 9.17) is 23.2 Å². The van der Waals surface area contributed by atoms with E-state index in [-0.39, 0.29) is 17.3 Å². The highest BCUT2D eigenvalue weighted by molar-refractivity contribution is 8.00. The molecule has 1 heterocycles. The first kappa shape index (κ1) is 21.5. The molecule has 4 rings (SSSR count). The molecule has 1 unspecified atom stereocenters. The molecular formula is C22H16Cl2FN3O2S. The normalized spacial score (nSPS) is 15.8. The van der Waals surface area contributed by atoms with Crippen molar-refractivity contribution >= 4 is 64.0 Å². The van der Waals surface area contributed by atoms with Crippen molar-refractivity contribution in [3.8, 4) is 0 Å². The molecule has 1 atom stereocenters. The van der Waals surface area contributed by atoms with Gasteiger partial charge in [-0.15, -0.1) is 11.8 Å². The predicted molar refractivity (Wildman–Crippen MR) is 125 cm³/mol. The molecule has 1 saturated heterocycles. The Morgan fingerprint density at radius 1 is 1.03 bits per heavy atom. The number of urea groups is 1. The minimum absolute atomic E-state index is 0.173. The maximum absolute atomic E-state index is 14.3. The van der Waals surface area contributed by atoms with Crippen LogP contribution in [0.1, 0.15) is 10.9 Å². The van der Waals surface area contributed by atoms with Crippen LogP contribution in [0.4, 0.5) is 26.2 Å². The molecular weight excluding hydrogens is 460 g/mol. The molecule has 0 aliphatic carbocycles. The van der Waals surface area contributed by atoms with Crippen LogP contribution < -0.4 is 15.5 Å². The van der Waals surface area contributed by atoms with Crippen LogP contribution in [0, 0.1) is 5.82 Å². The molecule has 1 aliphatic rings. The lowest BCUT2D eigenvalue weighted by molar-refractivity contribution is -0.115. The monoisotopic (exact) mass is 475 g/mol. The Morgan fingerprint density at radius 2 is 1.84 bits per heavy atom. The number of thioether (sulfide) groups is 1. The summed E-state index contributed by atoms with van der Waals surface area (Å²) in [6, 6.07) is 17.5. The fourth-order valence-corrected chi connectivity index (χ4v) is 4.84. The van der Waals surface area contributed by atoms with Gasteiger partial charge in [-0.2, -0.15) is 0 Å². The van der Waals surface area contributed by atoms with Gasteiger partial charge in [0.2, 0.25) is 5.91 Å². The molecule has 158 valence electrons. The Hall–Kier alpha value is -2.74. The number of carbonyl (C=O) groups excluding carboxylic acids is 2. The topological polar surface area (TPSA) is 61.4 Å². The second-order valence-electron chi connectivity index (χ2n) is 6.71. The summed E-state index contributed by atoms with van der Waals surface area (Å²) < 4.78 is 14.3. The van der Waals surface area contributed by atoms with Gasteiger partial charge < -0.3 is 10.6 Å². The molecule has 0 saturated carbocycles. The average molecular weight is 476 g/mol. The van der Waals surface area contributed by atoms with Gasteiger partial charge >= 0.3 is 6.03 Å². The Labute approximate surface area is 192 Å². The van der Waals surface area contributed by atoms with Gasteiger partial charge in [0, 0.05) is 10.7 Å². The lowest BCUT2D eigenvalue weighted by Gasteiger charge is -2.25. The molecule has 0 bridgehead atoms. The van der Waals surface area contributed by atoms with Crippen molar-refractivity contribution in [2.24, 2.45) is 0 Å². The Bertz CT molecular complexity index is 1160. The first-order chi connectivity index (χ1) is 14.9. The number of benzene rings is 3. The summed E-state index contributed by atoms with van der Waals surface area (Å²) in [4.78, 5) is 26.3. The zero-order valence-electron chi connectivity index (χ0n) is 15.9. The molecule has 2 N–H and O–H groups in total. The van der Waals surface area contributed by atoms with E-state index in [9.17, 15) is 14.0 Å². The number of para-hydroxylation sites is 1. The van der Waals surface area contributed by atoms with Crippen LogP contribution in [0.25, 0.3) is 0 Å². The number of rotatable bonds is 4. The van der Waals surface area contributed by atoms with E-state index in [1.807, 2.05) is 6.07 Å². The van der Waals surface area contributed by atoms with Crippen molar-refractivity contribution in [1.82, 2.24) is 0 Å². The summed E-state index contributed by atoms with van der Waals surface area (Å²) in [5.41, 5.74) is 1.94. The van der Waals surface area contributed by atoms with Crippen molar-refractivity contribution in [2.45, 2.75) is 5.37 Å². The molecule has 5 nitrogen and oxygen atoms in total. The molecule has 1 aliphatic heterocycles. The number of carbonyl (C=O) groups is 2. The van der Waals surface area contributed by atoms with Crippen molar-refractivity contribution in [3.63, 3.8) is 0 Å². The van der Waals surface area contributed by atoms with Gasteiger partial charge in [0.15, 0.2) is 0 Å². The third-order valence-electron chi connectivity index (χ3n) is 4.59. The van der Waals surface area contributed by atoms with E-state index >= 15 is 0 Å². The van der Waals surface area contributed by atoms with Crippen LogP contribution in [-0.2, 0) is 4.79 Å². The second-order valence-corrected chi connectivity index (χ2v) is 8.62. The smallest absolute Gasteiger partial charge is 0.308 e. The lowest BCUT2D eigenvalue weighted by Crippen LogP contribution is -2.28. The van der Waals surface area contributed by atoms with Crippen LogP contribution in [-0.4, -0.2) is 17.7 Å². The number of halogens is 3. The van der Waals surface area contributed by atoms with Crippen molar-refractivity contribution in [2.75, 3.05) is 21.3 Å². The molecule has 3 amide bonds. The van der Waals surface area contributed by atoms with E-state index in [1.165, 1.54) is 28.8 Å². The Balaban J connectivity index is 1.53. The van der Waals surface area contributed by atoms with Crippen LogP contribution in [0.3, 0.4) is 0 Å². The van der Waals surface area contributed by atoms with Crippen LogP contribution in [0.15, 0.2) is 66.7 Å². The maximum atomic E-state index is 14.3. The zero-order chi connectivity index (χ0) is 22.0. The summed E-state index contributed by atoms with van der Waals surface area (Å²) in [7, 11) is 0. The van der Waals surface area contributed by atoms with Crippen LogP contribution in [0.2, 0.25) is 10.0 Å². The molecule has 0 spiro atoms. The highest BCUT2D eigenvalue weighted by Crippen LogP contribution is 2.43. The fourth-order valence-electron chi connectivity index (χ4n) is 3.22. The third-order valence-corrected chi connectivity index (χ3v) is 6.35. The van der Waals surface area contributed by atoms with Gasteiger partial charge in [-0.05, 0) is 48.0 Å². The number of anilines is 3. The van der Waals surface area contributed by atoms with Gasteiger partial charge in [0.1, 0.15) is 11.2 Å². The number of hydrogen-bond acceptors (Lipinski definition) is 3. The summed E-state index contributed by atoms with van der Waals surface area (Å²) in [5.74, 6) is -0.392. The highest BCUT2D eigenvalue weighted by atomic mass is 35.5. The summed E-state index contributed by atoms with van der Waals surface area (Å²) in [6.07, 6.45) is 0. The van der Waals surface area contributed by atoms with Crippen molar-refractivity contribution in [1.29, 1.82) is 0 Å². The molecule has 3 aromatic rings. The Morgan fingerprint density at radius 3 is 2.61 bits per heavy atom. The van der Waals surface area contributed by atoms with Crippen molar-refractivity contribution < 1.29 is 14.0 Å². The standard InChI is InChI=1S/C22H16Cl2FN3O2S/c23-14-8-9-18(16(24)11-14)27-22(30)26-15-5-3-4-13(10-15)21-28(20(29)12-31-21)19-7-2-1-6-17(19)25/h1-11,21H,12H2,(H2,26,27,30). The minimum Gasteiger partial charge on any atom is -0.308 e. The van der Waals surface area contributed by atoms with Crippen LogP contribution >= 0.6 is 35.0 Å². The van der Waals surface area contributed by atoms with Gasteiger partial charge in [0.05, 0.1) is 22.2 Å². The lowest BCUT2D eigenvalue weighted by atomic mass is 10.1. The van der Waals surface area contributed by atoms with Crippen molar-refractivity contribution in [3.05, 3.63) is 88.2 Å².